The maximum absolute atomic E-state index is 12.8. The summed E-state index contributed by atoms with van der Waals surface area (Å²) in [6.45, 7) is 1.54. The molecule has 0 aliphatic carbocycles. The lowest BCUT2D eigenvalue weighted by Gasteiger charge is -2.12. The number of hydrogen-bond acceptors (Lipinski definition) is 4. The van der Waals surface area contributed by atoms with E-state index in [4.69, 9.17) is 9.47 Å². The van der Waals surface area contributed by atoms with Gasteiger partial charge < -0.3 is 20.1 Å². The number of carbonyl (C=O) groups excluding carboxylic acids is 2. The maximum atomic E-state index is 12.8. The fourth-order valence-electron chi connectivity index (χ4n) is 2.09. The Kier molecular flexibility index (Phi) is 6.33. The van der Waals surface area contributed by atoms with Gasteiger partial charge in [0.2, 0.25) is 11.8 Å². The fraction of sp³-hybridized carbons (Fsp3) is 0.222. The molecule has 0 radical (unpaired) electrons. The molecule has 0 unspecified atom stereocenters. The van der Waals surface area contributed by atoms with Crippen LogP contribution in [-0.2, 0) is 9.59 Å². The molecule has 2 aromatic carbocycles. The number of benzene rings is 2. The molecule has 7 heteroatoms. The minimum Gasteiger partial charge on any atom is -0.495 e. The average Bonchev–Trinajstić information content (AvgIpc) is 2.56. The topological polar surface area (TPSA) is 76.7 Å². The Morgan fingerprint density at radius 3 is 2.44 bits per heavy atom. The minimum absolute atomic E-state index is 0.102. The molecule has 0 bridgehead atoms. The number of rotatable bonds is 7. The molecule has 0 fully saturated rings. The second kappa shape index (κ2) is 8.68. The van der Waals surface area contributed by atoms with Crippen molar-refractivity contribution in [3.05, 3.63) is 48.3 Å². The molecule has 2 N–H and O–H groups in total. The zero-order chi connectivity index (χ0) is 18.2. The van der Waals surface area contributed by atoms with Crippen LogP contribution >= 0.6 is 0 Å². The van der Waals surface area contributed by atoms with Crippen molar-refractivity contribution in [2.75, 3.05) is 24.4 Å². The zero-order valence-corrected chi connectivity index (χ0v) is 14.0. The van der Waals surface area contributed by atoms with E-state index < -0.39 is 0 Å². The molecule has 2 aromatic rings. The summed E-state index contributed by atoms with van der Waals surface area (Å²) in [6.07, 6.45) is 0.102. The SMILES string of the molecule is COc1ccc(NC(C)=O)cc1NC(=O)CCOc1ccc(F)cc1. The van der Waals surface area contributed by atoms with Crippen LogP contribution in [0.5, 0.6) is 11.5 Å². The molecule has 6 nitrogen and oxygen atoms in total. The summed E-state index contributed by atoms with van der Waals surface area (Å²) in [5.41, 5.74) is 0.992. The molecule has 0 spiro atoms. The van der Waals surface area contributed by atoms with Gasteiger partial charge in [-0.15, -0.1) is 0 Å². The molecule has 0 aliphatic heterocycles. The Morgan fingerprint density at radius 1 is 1.08 bits per heavy atom. The van der Waals surface area contributed by atoms with Crippen molar-refractivity contribution in [2.45, 2.75) is 13.3 Å². The van der Waals surface area contributed by atoms with Gasteiger partial charge in [-0.1, -0.05) is 0 Å². The lowest BCUT2D eigenvalue weighted by atomic mass is 10.2. The third kappa shape index (κ3) is 5.80. The summed E-state index contributed by atoms with van der Waals surface area (Å²) in [6, 6.07) is 10.5. The second-order valence-corrected chi connectivity index (χ2v) is 5.20. The quantitative estimate of drug-likeness (QED) is 0.807. The third-order valence-electron chi connectivity index (χ3n) is 3.21. The number of anilines is 2. The summed E-state index contributed by atoms with van der Waals surface area (Å²) in [5, 5.41) is 5.35. The van der Waals surface area contributed by atoms with Crippen molar-refractivity contribution < 1.29 is 23.5 Å². The highest BCUT2D eigenvalue weighted by molar-refractivity contribution is 5.94. The molecule has 25 heavy (non-hydrogen) atoms. The van der Waals surface area contributed by atoms with E-state index in [9.17, 15) is 14.0 Å². The molecular formula is C18H19FN2O4. The van der Waals surface area contributed by atoms with Gasteiger partial charge in [-0.05, 0) is 42.5 Å². The standard InChI is InChI=1S/C18H19FN2O4/c1-12(22)20-14-5-8-17(24-2)16(11-14)21-18(23)9-10-25-15-6-3-13(19)4-7-15/h3-8,11H,9-10H2,1-2H3,(H,20,22)(H,21,23). The van der Waals surface area contributed by atoms with Crippen LogP contribution < -0.4 is 20.1 Å². The smallest absolute Gasteiger partial charge is 0.227 e. The van der Waals surface area contributed by atoms with Gasteiger partial charge in [0.05, 0.1) is 25.8 Å². The number of amides is 2. The highest BCUT2D eigenvalue weighted by atomic mass is 19.1. The molecule has 0 aliphatic rings. The Balaban J connectivity index is 1.92. The highest BCUT2D eigenvalue weighted by Crippen LogP contribution is 2.28. The largest absolute Gasteiger partial charge is 0.495 e. The van der Waals surface area contributed by atoms with Crippen molar-refractivity contribution in [1.29, 1.82) is 0 Å². The van der Waals surface area contributed by atoms with E-state index in [1.165, 1.54) is 38.3 Å². The number of methoxy groups -OCH3 is 1. The number of ether oxygens (including phenoxy) is 2. The molecule has 2 rings (SSSR count). The van der Waals surface area contributed by atoms with E-state index in [-0.39, 0.29) is 30.7 Å². The van der Waals surface area contributed by atoms with Crippen molar-refractivity contribution >= 4 is 23.2 Å². The van der Waals surface area contributed by atoms with Crippen molar-refractivity contribution in [3.8, 4) is 11.5 Å². The molecule has 0 saturated carbocycles. The second-order valence-electron chi connectivity index (χ2n) is 5.20. The zero-order valence-electron chi connectivity index (χ0n) is 14.0. The molecule has 0 heterocycles. The van der Waals surface area contributed by atoms with Crippen molar-refractivity contribution in [3.63, 3.8) is 0 Å². The normalized spacial score (nSPS) is 10.0. The van der Waals surface area contributed by atoms with E-state index in [1.807, 2.05) is 0 Å². The van der Waals surface area contributed by atoms with Gasteiger partial charge in [0.25, 0.3) is 0 Å². The van der Waals surface area contributed by atoms with E-state index in [0.29, 0.717) is 22.9 Å². The van der Waals surface area contributed by atoms with Crippen LogP contribution in [0.2, 0.25) is 0 Å². The molecular weight excluding hydrogens is 327 g/mol. The van der Waals surface area contributed by atoms with E-state index in [2.05, 4.69) is 10.6 Å². The lowest BCUT2D eigenvalue weighted by molar-refractivity contribution is -0.116. The van der Waals surface area contributed by atoms with Gasteiger partial charge in [-0.2, -0.15) is 0 Å². The molecule has 132 valence electrons. The third-order valence-corrected chi connectivity index (χ3v) is 3.21. The number of carbonyl (C=O) groups is 2. The van der Waals surface area contributed by atoms with Gasteiger partial charge in [-0.25, -0.2) is 4.39 Å². The van der Waals surface area contributed by atoms with Gasteiger partial charge in [0.1, 0.15) is 17.3 Å². The monoisotopic (exact) mass is 346 g/mol. The van der Waals surface area contributed by atoms with Crippen LogP contribution in [-0.4, -0.2) is 25.5 Å². The van der Waals surface area contributed by atoms with E-state index in [0.717, 1.165) is 0 Å². The molecule has 0 saturated heterocycles. The van der Waals surface area contributed by atoms with Crippen molar-refractivity contribution in [2.24, 2.45) is 0 Å². The summed E-state index contributed by atoms with van der Waals surface area (Å²) in [4.78, 5) is 23.2. The maximum Gasteiger partial charge on any atom is 0.227 e. The molecule has 0 atom stereocenters. The Labute approximate surface area is 144 Å². The Hall–Kier alpha value is -3.09. The number of halogens is 1. The Bertz CT molecular complexity index is 747. The predicted molar refractivity (Wildman–Crippen MR) is 92.4 cm³/mol. The van der Waals surface area contributed by atoms with Gasteiger partial charge in [0, 0.05) is 12.6 Å². The molecule has 0 aromatic heterocycles. The average molecular weight is 346 g/mol. The number of nitrogens with one attached hydrogen (secondary N) is 2. The highest BCUT2D eigenvalue weighted by Gasteiger charge is 2.10. The van der Waals surface area contributed by atoms with Gasteiger partial charge >= 0.3 is 0 Å². The first kappa shape index (κ1) is 18.3. The first-order chi connectivity index (χ1) is 12.0. The van der Waals surface area contributed by atoms with Crippen LogP contribution in [0.1, 0.15) is 13.3 Å². The molecule has 2 amide bonds. The lowest BCUT2D eigenvalue weighted by Crippen LogP contribution is -2.16. The van der Waals surface area contributed by atoms with Crippen LogP contribution in [0.15, 0.2) is 42.5 Å². The van der Waals surface area contributed by atoms with E-state index >= 15 is 0 Å². The first-order valence-electron chi connectivity index (χ1n) is 7.62. The van der Waals surface area contributed by atoms with Gasteiger partial charge in [0.15, 0.2) is 0 Å². The predicted octanol–water partition coefficient (Wildman–Crippen LogP) is 3.20. The fourth-order valence-corrected chi connectivity index (χ4v) is 2.09. The van der Waals surface area contributed by atoms with E-state index in [1.54, 1.807) is 18.2 Å². The summed E-state index contributed by atoms with van der Waals surface area (Å²) in [7, 11) is 1.49. The Morgan fingerprint density at radius 2 is 1.80 bits per heavy atom. The summed E-state index contributed by atoms with van der Waals surface area (Å²) >= 11 is 0. The minimum atomic E-state index is -0.351. The summed E-state index contributed by atoms with van der Waals surface area (Å²) in [5.74, 6) is 0.119. The van der Waals surface area contributed by atoms with Crippen LogP contribution in [0.25, 0.3) is 0 Å². The van der Waals surface area contributed by atoms with Gasteiger partial charge in [-0.3, -0.25) is 9.59 Å². The van der Waals surface area contributed by atoms with Crippen LogP contribution in [0, 0.1) is 5.82 Å². The van der Waals surface area contributed by atoms with Crippen molar-refractivity contribution in [1.82, 2.24) is 0 Å². The number of hydrogen-bond donors (Lipinski definition) is 2. The van der Waals surface area contributed by atoms with Crippen LogP contribution in [0.3, 0.4) is 0 Å². The summed E-state index contributed by atoms with van der Waals surface area (Å²) < 4.78 is 23.4. The van der Waals surface area contributed by atoms with Crippen LogP contribution in [0.4, 0.5) is 15.8 Å². The first-order valence-corrected chi connectivity index (χ1v) is 7.62.